The Kier molecular flexibility index (Phi) is 17.9. The second kappa shape index (κ2) is 23.0. The molecule has 3 nitrogen and oxygen atoms in total. The summed E-state index contributed by atoms with van der Waals surface area (Å²) >= 11 is 0. The second-order valence-corrected chi connectivity index (χ2v) is 13.5. The first-order valence-corrected chi connectivity index (χ1v) is 19.4. The number of aryl methyl sites for hydroxylation is 2. The molecule has 0 N–H and O–H groups in total. The van der Waals surface area contributed by atoms with Crippen molar-refractivity contribution in [3.63, 3.8) is 0 Å². The molecule has 0 saturated carbocycles. The average Bonchev–Trinajstić information content (AvgIpc) is 3.18. The number of halogens is 6. The third-order valence-corrected chi connectivity index (χ3v) is 9.27. The van der Waals surface area contributed by atoms with Gasteiger partial charge < -0.3 is 9.47 Å². The van der Waals surface area contributed by atoms with E-state index in [4.69, 9.17) is 9.47 Å². The Bertz CT molecular complexity index is 1910. The predicted molar refractivity (Wildman–Crippen MR) is 208 cm³/mol. The van der Waals surface area contributed by atoms with Gasteiger partial charge in [0.15, 0.2) is 23.1 Å². The molecule has 0 spiro atoms. The van der Waals surface area contributed by atoms with Crippen molar-refractivity contribution < 1.29 is 40.6 Å². The molecule has 0 aliphatic rings. The first-order valence-electron chi connectivity index (χ1n) is 19.4. The largest absolute Gasteiger partial charge is 0.491 e. The van der Waals surface area contributed by atoms with Crippen LogP contribution >= 0.6 is 0 Å². The predicted octanol–water partition coefficient (Wildman–Crippen LogP) is 12.2. The van der Waals surface area contributed by atoms with Crippen LogP contribution in [0.4, 0.5) is 26.3 Å². The molecule has 9 heteroatoms. The fourth-order valence-corrected chi connectivity index (χ4v) is 6.18. The van der Waals surface area contributed by atoms with Crippen LogP contribution in [0.2, 0.25) is 0 Å². The maximum absolute atomic E-state index is 14.6. The van der Waals surface area contributed by atoms with Gasteiger partial charge in [0.2, 0.25) is 11.6 Å². The number of Topliss-reactive ketones (excluding diaryl/α,β-unsaturated/α-hetero) is 1. The molecule has 0 aliphatic carbocycles. The van der Waals surface area contributed by atoms with E-state index >= 15 is 0 Å². The van der Waals surface area contributed by atoms with Crippen molar-refractivity contribution in [1.29, 1.82) is 0 Å². The van der Waals surface area contributed by atoms with Crippen LogP contribution in [0, 0.1) is 58.6 Å². The molecule has 0 atom stereocenters. The van der Waals surface area contributed by atoms with E-state index in [1.54, 1.807) is 38.1 Å². The second-order valence-electron chi connectivity index (χ2n) is 13.5. The summed E-state index contributed by atoms with van der Waals surface area (Å²) in [7, 11) is 0. The lowest BCUT2D eigenvalue weighted by atomic mass is 10.0. The number of hydrogen-bond acceptors (Lipinski definition) is 3. The van der Waals surface area contributed by atoms with Crippen LogP contribution in [0.5, 0.6) is 11.5 Å². The van der Waals surface area contributed by atoms with Crippen LogP contribution in [-0.4, -0.2) is 19.0 Å². The van der Waals surface area contributed by atoms with Gasteiger partial charge in [-0.25, -0.2) is 17.6 Å². The quantitative estimate of drug-likeness (QED) is 0.0510. The molecule has 0 unspecified atom stereocenters. The number of hydrogen-bond donors (Lipinski definition) is 0. The lowest BCUT2D eigenvalue weighted by molar-refractivity contribution is -0.119. The molecular weight excluding hydrogens is 727 g/mol. The Morgan fingerprint density at radius 3 is 1.21 bits per heavy atom. The van der Waals surface area contributed by atoms with E-state index < -0.39 is 34.9 Å². The van der Waals surface area contributed by atoms with E-state index in [1.165, 1.54) is 36.4 Å². The highest BCUT2D eigenvalue weighted by atomic mass is 19.2. The first kappa shape index (κ1) is 43.6. The zero-order chi connectivity index (χ0) is 40.3. The molecule has 4 rings (SSSR count). The SMILES string of the molecule is CCOc1ccc(C#Cc2ccc(CCCCCCCC(=O)CCCCCCCc3ccc(C#Cc4ccc(OCC)c(F)c4F)c(F)c3)cc2F)c(F)c1F. The molecule has 0 aliphatic heterocycles. The van der Waals surface area contributed by atoms with Gasteiger partial charge >= 0.3 is 0 Å². The average molecular weight is 775 g/mol. The van der Waals surface area contributed by atoms with Gasteiger partial charge in [-0.3, -0.25) is 4.79 Å². The zero-order valence-electron chi connectivity index (χ0n) is 32.1. The Balaban J connectivity index is 1.03. The molecule has 0 radical (unpaired) electrons. The van der Waals surface area contributed by atoms with Crippen molar-refractivity contribution in [2.24, 2.45) is 0 Å². The molecule has 296 valence electrons. The summed E-state index contributed by atoms with van der Waals surface area (Å²) < 4.78 is 96.1. The number of ketones is 1. The van der Waals surface area contributed by atoms with Gasteiger partial charge in [-0.05, 0) is 112 Å². The van der Waals surface area contributed by atoms with Gasteiger partial charge in [0.1, 0.15) is 17.4 Å². The summed E-state index contributed by atoms with van der Waals surface area (Å²) in [6.07, 6.45) is 11.9. The number of ether oxygens (including phenoxy) is 2. The Labute approximate surface area is 326 Å². The van der Waals surface area contributed by atoms with E-state index in [1.807, 2.05) is 0 Å². The Morgan fingerprint density at radius 2 is 0.821 bits per heavy atom. The first-order chi connectivity index (χ1) is 27.1. The van der Waals surface area contributed by atoms with Gasteiger partial charge in [-0.1, -0.05) is 74.3 Å². The zero-order valence-corrected chi connectivity index (χ0v) is 32.1. The van der Waals surface area contributed by atoms with Gasteiger partial charge in [0.05, 0.1) is 35.5 Å². The minimum atomic E-state index is -1.13. The molecule has 0 aromatic heterocycles. The van der Waals surface area contributed by atoms with Crippen LogP contribution in [0.3, 0.4) is 0 Å². The van der Waals surface area contributed by atoms with Gasteiger partial charge in [-0.15, -0.1) is 0 Å². The normalized spacial score (nSPS) is 10.7. The van der Waals surface area contributed by atoms with Crippen LogP contribution in [0.25, 0.3) is 0 Å². The smallest absolute Gasteiger partial charge is 0.201 e. The minimum absolute atomic E-state index is 0.107. The summed E-state index contributed by atoms with van der Waals surface area (Å²) in [6.45, 7) is 3.73. The van der Waals surface area contributed by atoms with E-state index in [9.17, 15) is 31.1 Å². The summed E-state index contributed by atoms with van der Waals surface area (Å²) in [4.78, 5) is 12.3. The van der Waals surface area contributed by atoms with Crippen molar-refractivity contribution in [2.75, 3.05) is 13.2 Å². The third-order valence-electron chi connectivity index (χ3n) is 9.27. The van der Waals surface area contributed by atoms with E-state index in [0.29, 0.717) is 25.7 Å². The highest BCUT2D eigenvalue weighted by Gasteiger charge is 2.15. The third kappa shape index (κ3) is 13.6. The number of rotatable bonds is 20. The maximum atomic E-state index is 14.6. The molecule has 0 saturated heterocycles. The number of carbonyl (C=O) groups excluding carboxylic acids is 1. The highest BCUT2D eigenvalue weighted by molar-refractivity contribution is 5.78. The molecule has 4 aromatic rings. The van der Waals surface area contributed by atoms with Gasteiger partial charge in [-0.2, -0.15) is 8.78 Å². The Hall–Kier alpha value is -5.15. The van der Waals surface area contributed by atoms with Gasteiger partial charge in [0, 0.05) is 12.8 Å². The summed E-state index contributed by atoms with van der Waals surface area (Å²) in [5.41, 5.74) is 1.55. The minimum Gasteiger partial charge on any atom is -0.491 e. The van der Waals surface area contributed by atoms with E-state index in [2.05, 4.69) is 23.7 Å². The lowest BCUT2D eigenvalue weighted by Crippen LogP contribution is -1.98. The van der Waals surface area contributed by atoms with Crippen LogP contribution in [-0.2, 0) is 17.6 Å². The molecule has 0 fully saturated rings. The number of benzene rings is 4. The number of unbranched alkanes of at least 4 members (excludes halogenated alkanes) is 8. The van der Waals surface area contributed by atoms with Crippen LogP contribution in [0.1, 0.15) is 124 Å². The van der Waals surface area contributed by atoms with Crippen molar-refractivity contribution in [2.45, 2.75) is 104 Å². The fraction of sp³-hybridized carbons (Fsp3) is 0.383. The molecule has 0 amide bonds. The van der Waals surface area contributed by atoms with Gasteiger partial charge in [0.25, 0.3) is 0 Å². The van der Waals surface area contributed by atoms with Crippen molar-refractivity contribution >= 4 is 5.78 Å². The van der Waals surface area contributed by atoms with E-state index in [0.717, 1.165) is 75.3 Å². The lowest BCUT2D eigenvalue weighted by Gasteiger charge is -2.06. The van der Waals surface area contributed by atoms with Crippen LogP contribution in [0.15, 0.2) is 60.7 Å². The molecule has 4 aromatic carbocycles. The summed E-state index contributed by atoms with van der Waals surface area (Å²) in [5.74, 6) is 4.59. The van der Waals surface area contributed by atoms with Crippen molar-refractivity contribution in [1.82, 2.24) is 0 Å². The summed E-state index contributed by atoms with van der Waals surface area (Å²) in [6, 6.07) is 14.8. The summed E-state index contributed by atoms with van der Waals surface area (Å²) in [5, 5.41) is 0. The fourth-order valence-electron chi connectivity index (χ4n) is 6.18. The number of carbonyl (C=O) groups is 1. The van der Waals surface area contributed by atoms with E-state index in [-0.39, 0.29) is 52.7 Å². The van der Waals surface area contributed by atoms with Crippen LogP contribution < -0.4 is 9.47 Å². The monoisotopic (exact) mass is 774 g/mol. The molecule has 0 bridgehead atoms. The maximum Gasteiger partial charge on any atom is 0.201 e. The molecular formula is C47H48F6O3. The molecule has 0 heterocycles. The standard InChI is InChI=1S/C47H48F6O3/c1-3-55-42-29-27-37(44(50)46(42)52)25-23-35-21-19-33(31-40(35)48)15-11-7-5-9-13-17-39(54)18-14-10-6-8-12-16-34-20-22-36(41(49)32-34)24-26-38-28-30-43(56-4-2)47(53)45(38)51/h19-22,27-32H,3-18H2,1-2H3. The van der Waals surface area contributed by atoms with Crippen molar-refractivity contribution in [3.05, 3.63) is 129 Å². The van der Waals surface area contributed by atoms with Crippen molar-refractivity contribution in [3.8, 4) is 35.2 Å². The highest BCUT2D eigenvalue weighted by Crippen LogP contribution is 2.24. The molecule has 56 heavy (non-hydrogen) atoms. The Morgan fingerprint density at radius 1 is 0.464 bits per heavy atom. The topological polar surface area (TPSA) is 35.5 Å².